The van der Waals surface area contributed by atoms with Crippen LogP contribution in [0.15, 0.2) is 23.3 Å². The number of hydrazone groups is 1. The van der Waals surface area contributed by atoms with Gasteiger partial charge in [0.25, 0.3) is 0 Å². The molecule has 7 nitrogen and oxygen atoms in total. The van der Waals surface area contributed by atoms with Gasteiger partial charge < -0.3 is 19.2 Å². The molecule has 1 amide bonds. The zero-order valence-electron chi connectivity index (χ0n) is 18.8. The number of benzene rings is 1. The molecule has 3 rings (SSSR count). The summed E-state index contributed by atoms with van der Waals surface area (Å²) in [5.41, 5.74) is 1.30. The minimum absolute atomic E-state index is 0.000576. The van der Waals surface area contributed by atoms with Crippen LogP contribution >= 0.6 is 11.6 Å². The second-order valence-corrected chi connectivity index (χ2v) is 8.67. The number of carbonyl (C=O) groups is 2. The second kappa shape index (κ2) is 9.90. The molecule has 1 atom stereocenters. The minimum Gasteiger partial charge on any atom is -0.490 e. The smallest absolute Gasteiger partial charge is 0.237 e. The maximum atomic E-state index is 12.1. The third kappa shape index (κ3) is 4.66. The van der Waals surface area contributed by atoms with Crippen LogP contribution in [0.1, 0.15) is 46.1 Å². The molecule has 0 N–H and O–H groups in total. The van der Waals surface area contributed by atoms with E-state index in [1.165, 1.54) is 0 Å². The molecule has 2 heterocycles. The fourth-order valence-electron chi connectivity index (χ4n) is 4.41. The van der Waals surface area contributed by atoms with E-state index >= 15 is 0 Å². The summed E-state index contributed by atoms with van der Waals surface area (Å²) in [6.45, 7) is 10.3. The number of nitrogens with zero attached hydrogens (tertiary/aromatic N) is 3. The van der Waals surface area contributed by atoms with E-state index in [2.05, 4.69) is 0 Å². The Kier molecular flexibility index (Phi) is 7.46. The fraction of sp³-hybridized carbons (Fsp3) is 0.609. The molecular weight excluding hydrogens is 418 g/mol. The first-order chi connectivity index (χ1) is 14.9. The highest BCUT2D eigenvalue weighted by Gasteiger charge is 2.47. The van der Waals surface area contributed by atoms with Gasteiger partial charge in [-0.15, -0.1) is 11.6 Å². The number of piperidine rings is 1. The number of alkyl halides is 1. The molecular formula is C23H32ClN3O4. The number of aldehydes is 1. The molecule has 1 aromatic carbocycles. The van der Waals surface area contributed by atoms with Gasteiger partial charge in [0, 0.05) is 24.1 Å². The van der Waals surface area contributed by atoms with E-state index in [1.54, 1.807) is 4.90 Å². The third-order valence-corrected chi connectivity index (χ3v) is 6.33. The van der Waals surface area contributed by atoms with Gasteiger partial charge in [0.1, 0.15) is 18.2 Å². The van der Waals surface area contributed by atoms with Crippen molar-refractivity contribution in [2.75, 3.05) is 32.2 Å². The van der Waals surface area contributed by atoms with Gasteiger partial charge in [-0.25, -0.2) is 0 Å². The maximum Gasteiger partial charge on any atom is 0.237 e. The van der Waals surface area contributed by atoms with Crippen LogP contribution < -0.4 is 9.47 Å². The maximum absolute atomic E-state index is 12.1. The van der Waals surface area contributed by atoms with Crippen molar-refractivity contribution in [2.45, 2.75) is 52.6 Å². The Morgan fingerprint density at radius 2 is 1.84 bits per heavy atom. The lowest BCUT2D eigenvalue weighted by molar-refractivity contribution is -0.130. The molecule has 2 aliphatic heterocycles. The van der Waals surface area contributed by atoms with Gasteiger partial charge in [-0.05, 0) is 44.9 Å². The van der Waals surface area contributed by atoms with E-state index in [0.717, 1.165) is 30.4 Å². The monoisotopic (exact) mass is 449 g/mol. The van der Waals surface area contributed by atoms with Gasteiger partial charge in [0.2, 0.25) is 5.91 Å². The Bertz CT molecular complexity index is 834. The molecule has 1 saturated heterocycles. The van der Waals surface area contributed by atoms with Crippen LogP contribution in [0.4, 0.5) is 0 Å². The van der Waals surface area contributed by atoms with Crippen LogP contribution in [-0.2, 0) is 9.59 Å². The summed E-state index contributed by atoms with van der Waals surface area (Å²) < 4.78 is 11.5. The summed E-state index contributed by atoms with van der Waals surface area (Å²) in [7, 11) is 0. The summed E-state index contributed by atoms with van der Waals surface area (Å²) in [6, 6.07) is 5.55. The van der Waals surface area contributed by atoms with Crippen LogP contribution in [0.2, 0.25) is 0 Å². The molecule has 1 fully saturated rings. The van der Waals surface area contributed by atoms with E-state index in [9.17, 15) is 9.59 Å². The summed E-state index contributed by atoms with van der Waals surface area (Å²) in [5, 5.41) is 6.89. The minimum atomic E-state index is -0.471. The summed E-state index contributed by atoms with van der Waals surface area (Å²) in [5.74, 6) is 1.33. The molecule has 0 saturated carbocycles. The molecule has 1 aromatic rings. The molecule has 2 aliphatic rings. The first kappa shape index (κ1) is 23.4. The Balaban J connectivity index is 1.89. The summed E-state index contributed by atoms with van der Waals surface area (Å²) in [6.07, 6.45) is 2.51. The van der Waals surface area contributed by atoms with E-state index in [1.807, 2.05) is 50.9 Å². The lowest BCUT2D eigenvalue weighted by atomic mass is 9.78. The number of amides is 1. The van der Waals surface area contributed by atoms with E-state index < -0.39 is 5.41 Å². The van der Waals surface area contributed by atoms with E-state index in [4.69, 9.17) is 26.2 Å². The van der Waals surface area contributed by atoms with Crippen LogP contribution in [0, 0.1) is 5.41 Å². The average molecular weight is 450 g/mol. The van der Waals surface area contributed by atoms with Crippen LogP contribution in [-0.4, -0.2) is 72.1 Å². The number of halogens is 1. The van der Waals surface area contributed by atoms with Crippen molar-refractivity contribution < 1.29 is 19.1 Å². The van der Waals surface area contributed by atoms with Gasteiger partial charge in [-0.1, -0.05) is 13.8 Å². The quantitative estimate of drug-likeness (QED) is 0.449. The standard InChI is InChI=1S/C23H32ClN3O4/c1-5-30-18-8-7-16(13-19(18)31-6-2)22-23(3,4)20(15-28)27(25-22)17-9-11-26(12-10-17)21(29)14-24/h7-8,13,15,17,20H,5-6,9-12,14H2,1-4H3. The highest BCUT2D eigenvalue weighted by Crippen LogP contribution is 2.40. The Morgan fingerprint density at radius 3 is 2.42 bits per heavy atom. The molecule has 1 unspecified atom stereocenters. The highest BCUT2D eigenvalue weighted by molar-refractivity contribution is 6.27. The number of rotatable bonds is 8. The highest BCUT2D eigenvalue weighted by atomic mass is 35.5. The van der Waals surface area contributed by atoms with Crippen molar-refractivity contribution >= 4 is 29.5 Å². The lowest BCUT2D eigenvalue weighted by Gasteiger charge is -2.39. The third-order valence-electron chi connectivity index (χ3n) is 6.10. The molecule has 0 radical (unpaired) electrons. The van der Waals surface area contributed by atoms with Gasteiger partial charge in [-0.2, -0.15) is 5.10 Å². The number of carbonyl (C=O) groups excluding carboxylic acids is 2. The summed E-state index contributed by atoms with van der Waals surface area (Å²) >= 11 is 5.70. The van der Waals surface area contributed by atoms with Crippen LogP contribution in [0.5, 0.6) is 11.5 Å². The van der Waals surface area contributed by atoms with Crippen LogP contribution in [0.25, 0.3) is 0 Å². The van der Waals surface area contributed by atoms with Crippen molar-refractivity contribution in [3.8, 4) is 11.5 Å². The second-order valence-electron chi connectivity index (χ2n) is 8.40. The molecule has 31 heavy (non-hydrogen) atoms. The Morgan fingerprint density at radius 1 is 1.19 bits per heavy atom. The largest absolute Gasteiger partial charge is 0.490 e. The molecule has 0 bridgehead atoms. The van der Waals surface area contributed by atoms with E-state index in [-0.39, 0.29) is 23.9 Å². The molecule has 170 valence electrons. The van der Waals surface area contributed by atoms with Gasteiger partial charge in [-0.3, -0.25) is 9.80 Å². The molecule has 8 heteroatoms. The Labute approximate surface area is 189 Å². The van der Waals surface area contributed by atoms with Crippen molar-refractivity contribution in [2.24, 2.45) is 10.5 Å². The zero-order chi connectivity index (χ0) is 22.6. The predicted molar refractivity (Wildman–Crippen MR) is 121 cm³/mol. The first-order valence-corrected chi connectivity index (χ1v) is 11.5. The Hall–Kier alpha value is -2.28. The predicted octanol–water partition coefficient (Wildman–Crippen LogP) is 3.33. The first-order valence-electron chi connectivity index (χ1n) is 10.9. The fourth-order valence-corrected chi connectivity index (χ4v) is 4.58. The number of likely N-dealkylation sites (tertiary alicyclic amines) is 1. The topological polar surface area (TPSA) is 71.4 Å². The SMILES string of the molecule is CCOc1ccc(C2=NN(C3CCN(C(=O)CCl)CC3)C(C=O)C2(C)C)cc1OCC. The molecule has 0 spiro atoms. The molecule has 0 aliphatic carbocycles. The van der Waals surface area contributed by atoms with Crippen molar-refractivity contribution in [3.63, 3.8) is 0 Å². The van der Waals surface area contributed by atoms with Gasteiger partial charge >= 0.3 is 0 Å². The molecule has 0 aromatic heterocycles. The number of hydrogen-bond acceptors (Lipinski definition) is 6. The normalized spacial score (nSPS) is 21.1. The van der Waals surface area contributed by atoms with Crippen molar-refractivity contribution in [3.05, 3.63) is 23.8 Å². The zero-order valence-corrected chi connectivity index (χ0v) is 19.5. The average Bonchev–Trinajstić information content (AvgIpc) is 3.04. The van der Waals surface area contributed by atoms with Crippen molar-refractivity contribution in [1.29, 1.82) is 0 Å². The van der Waals surface area contributed by atoms with Gasteiger partial charge in [0.05, 0.1) is 25.0 Å². The number of ether oxygens (including phenoxy) is 2. The van der Waals surface area contributed by atoms with Gasteiger partial charge in [0.15, 0.2) is 11.5 Å². The van der Waals surface area contributed by atoms with Crippen LogP contribution in [0.3, 0.4) is 0 Å². The van der Waals surface area contributed by atoms with E-state index in [0.29, 0.717) is 37.8 Å². The summed E-state index contributed by atoms with van der Waals surface area (Å²) in [4.78, 5) is 25.8. The van der Waals surface area contributed by atoms with Crippen molar-refractivity contribution in [1.82, 2.24) is 9.91 Å². The lowest BCUT2D eigenvalue weighted by Crippen LogP contribution is -2.50. The number of hydrogen-bond donors (Lipinski definition) is 0.